The third kappa shape index (κ3) is 2.47. The molecule has 3 heterocycles. The maximum atomic E-state index is 10.3. The van der Waals surface area contributed by atoms with E-state index >= 15 is 0 Å². The number of fused-ring (bicyclic) bond motifs is 5. The number of benzene rings is 2. The van der Waals surface area contributed by atoms with Gasteiger partial charge in [-0.1, -0.05) is 0 Å². The number of quaternary nitrogens is 1. The third-order valence-corrected chi connectivity index (χ3v) is 6.19. The lowest BCUT2D eigenvalue weighted by Gasteiger charge is -2.42. The normalized spacial score (nSPS) is 24.6. The van der Waals surface area contributed by atoms with Crippen molar-refractivity contribution in [1.29, 1.82) is 0 Å². The van der Waals surface area contributed by atoms with Crippen LogP contribution >= 0.6 is 0 Å². The Balaban J connectivity index is 1.63. The Morgan fingerprint density at radius 1 is 1.00 bits per heavy atom. The molecule has 0 spiro atoms. The maximum Gasteiger partial charge on any atom is 0.231 e. The van der Waals surface area contributed by atoms with Crippen LogP contribution in [0.2, 0.25) is 0 Å². The molecule has 0 amide bonds. The fourth-order valence-electron chi connectivity index (χ4n) is 4.94. The van der Waals surface area contributed by atoms with Crippen molar-refractivity contribution in [2.24, 2.45) is 0 Å². The third-order valence-electron chi connectivity index (χ3n) is 6.19. The summed E-state index contributed by atoms with van der Waals surface area (Å²) in [6.07, 6.45) is 0.999. The second kappa shape index (κ2) is 6.32. The molecule has 6 nitrogen and oxygen atoms in total. The first-order valence-corrected chi connectivity index (χ1v) is 9.36. The molecule has 0 bridgehead atoms. The lowest BCUT2D eigenvalue weighted by atomic mass is 9.76. The van der Waals surface area contributed by atoms with Gasteiger partial charge in [0.15, 0.2) is 23.0 Å². The molecule has 142 valence electrons. The Morgan fingerprint density at radius 2 is 1.74 bits per heavy atom. The summed E-state index contributed by atoms with van der Waals surface area (Å²) in [7, 11) is 3.31. The lowest BCUT2D eigenvalue weighted by Crippen LogP contribution is -3.13. The Kier molecular flexibility index (Phi) is 3.91. The molecule has 2 aromatic rings. The second-order valence-corrected chi connectivity index (χ2v) is 7.41. The molecular formula is C21H24NO5+. The van der Waals surface area contributed by atoms with Crippen LogP contribution in [0.15, 0.2) is 24.3 Å². The molecule has 3 atom stereocenters. The largest absolute Gasteiger partial charge is 0.493 e. The summed E-state index contributed by atoms with van der Waals surface area (Å²) in [4.78, 5) is 1.47. The van der Waals surface area contributed by atoms with E-state index in [-0.39, 0.29) is 25.4 Å². The zero-order chi connectivity index (χ0) is 18.5. The molecule has 2 aromatic carbocycles. The minimum atomic E-state index is 0.00276. The summed E-state index contributed by atoms with van der Waals surface area (Å²) in [5.41, 5.74) is 4.94. The van der Waals surface area contributed by atoms with Crippen molar-refractivity contribution < 1.29 is 29.0 Å². The van der Waals surface area contributed by atoms with Crippen LogP contribution in [0.1, 0.15) is 34.2 Å². The van der Waals surface area contributed by atoms with Crippen molar-refractivity contribution in [3.8, 4) is 23.0 Å². The van der Waals surface area contributed by atoms with Crippen LogP contribution in [0.3, 0.4) is 0 Å². The van der Waals surface area contributed by atoms with Gasteiger partial charge in [0.2, 0.25) is 6.79 Å². The number of nitrogens with one attached hydrogen (secondary N) is 1. The Hall–Kier alpha value is -2.44. The highest BCUT2D eigenvalue weighted by atomic mass is 16.7. The van der Waals surface area contributed by atoms with E-state index in [0.29, 0.717) is 5.75 Å². The molecule has 2 N–H and O–H groups in total. The predicted octanol–water partition coefficient (Wildman–Crippen LogP) is 1.20. The summed E-state index contributed by atoms with van der Waals surface area (Å²) in [5, 5.41) is 10.3. The van der Waals surface area contributed by atoms with E-state index in [2.05, 4.69) is 18.2 Å². The summed E-state index contributed by atoms with van der Waals surface area (Å²) < 4.78 is 22.2. The number of ether oxygens (including phenoxy) is 4. The minimum absolute atomic E-state index is 0.00276. The van der Waals surface area contributed by atoms with E-state index in [1.807, 2.05) is 6.07 Å². The predicted molar refractivity (Wildman–Crippen MR) is 97.9 cm³/mol. The Labute approximate surface area is 158 Å². The van der Waals surface area contributed by atoms with Gasteiger partial charge in [-0.2, -0.15) is 0 Å². The van der Waals surface area contributed by atoms with Gasteiger partial charge in [0.25, 0.3) is 0 Å². The first-order valence-electron chi connectivity index (χ1n) is 9.36. The molecule has 1 unspecified atom stereocenters. The van der Waals surface area contributed by atoms with Crippen molar-refractivity contribution in [3.05, 3.63) is 46.5 Å². The second-order valence-electron chi connectivity index (χ2n) is 7.41. The van der Waals surface area contributed by atoms with Gasteiger partial charge < -0.3 is 29.0 Å². The zero-order valence-corrected chi connectivity index (χ0v) is 15.6. The number of hydrogen-bond donors (Lipinski definition) is 2. The molecule has 0 saturated carbocycles. The molecular weight excluding hydrogens is 346 g/mol. The topological polar surface area (TPSA) is 61.6 Å². The van der Waals surface area contributed by atoms with Gasteiger partial charge in [-0.15, -0.1) is 0 Å². The molecule has 0 fully saturated rings. The molecule has 0 aliphatic carbocycles. The monoisotopic (exact) mass is 370 g/mol. The number of aliphatic hydroxyl groups excluding tert-OH is 1. The molecule has 0 saturated heterocycles. The smallest absolute Gasteiger partial charge is 0.231 e. The van der Waals surface area contributed by atoms with E-state index in [9.17, 15) is 5.11 Å². The van der Waals surface area contributed by atoms with Crippen LogP contribution in [0.4, 0.5) is 0 Å². The van der Waals surface area contributed by atoms with Crippen molar-refractivity contribution >= 4 is 0 Å². The average Bonchev–Trinajstić information content (AvgIpc) is 3.16. The lowest BCUT2D eigenvalue weighted by molar-refractivity contribution is -0.951. The van der Waals surface area contributed by atoms with E-state index in [1.165, 1.54) is 21.6 Å². The van der Waals surface area contributed by atoms with Gasteiger partial charge in [-0.25, -0.2) is 0 Å². The van der Waals surface area contributed by atoms with Gasteiger partial charge >= 0.3 is 0 Å². The van der Waals surface area contributed by atoms with Crippen LogP contribution in [0.25, 0.3) is 0 Å². The Bertz CT molecular complexity index is 897. The van der Waals surface area contributed by atoms with Crippen LogP contribution < -0.4 is 23.8 Å². The number of hydrogen-bond acceptors (Lipinski definition) is 5. The van der Waals surface area contributed by atoms with Gasteiger partial charge in [-0.05, 0) is 35.4 Å². The van der Waals surface area contributed by atoms with Crippen LogP contribution in [0, 0.1) is 0 Å². The van der Waals surface area contributed by atoms with Crippen LogP contribution in [0.5, 0.6) is 23.0 Å². The average molecular weight is 370 g/mol. The Morgan fingerprint density at radius 3 is 2.48 bits per heavy atom. The maximum absolute atomic E-state index is 10.3. The van der Waals surface area contributed by atoms with Gasteiger partial charge in [0.05, 0.1) is 33.3 Å². The highest BCUT2D eigenvalue weighted by Gasteiger charge is 2.43. The van der Waals surface area contributed by atoms with Crippen molar-refractivity contribution in [3.63, 3.8) is 0 Å². The molecule has 3 aliphatic rings. The standard InChI is InChI=1S/C21H23NO5/c1-24-17-6-13-9-22-4-3-12-5-19-20(27-11-26-19)8-15(12)21(22)16(10-23)14(13)7-18(17)25-2/h5-8,16,21,23H,3-4,9-11H2,1-2H3/p+1/t16-,21+/m1/s1. The van der Waals surface area contributed by atoms with E-state index < -0.39 is 0 Å². The van der Waals surface area contributed by atoms with Gasteiger partial charge in [0, 0.05) is 17.5 Å². The fourth-order valence-corrected chi connectivity index (χ4v) is 4.94. The summed E-state index contributed by atoms with van der Waals surface area (Å²) in [6.45, 7) is 2.31. The number of rotatable bonds is 3. The summed E-state index contributed by atoms with van der Waals surface area (Å²) >= 11 is 0. The van der Waals surface area contributed by atoms with Crippen molar-refractivity contribution in [2.45, 2.75) is 24.9 Å². The van der Waals surface area contributed by atoms with Crippen LogP contribution in [-0.2, 0) is 13.0 Å². The quantitative estimate of drug-likeness (QED) is 0.850. The minimum Gasteiger partial charge on any atom is -0.493 e. The molecule has 0 aromatic heterocycles. The van der Waals surface area contributed by atoms with E-state index in [1.54, 1.807) is 14.2 Å². The van der Waals surface area contributed by atoms with Gasteiger partial charge in [-0.3, -0.25) is 0 Å². The highest BCUT2D eigenvalue weighted by Crippen LogP contribution is 2.44. The number of methoxy groups -OCH3 is 2. The first kappa shape index (κ1) is 16.7. The van der Waals surface area contributed by atoms with Crippen LogP contribution in [-0.4, -0.2) is 39.3 Å². The van der Waals surface area contributed by atoms with E-state index in [0.717, 1.165) is 42.3 Å². The summed E-state index contributed by atoms with van der Waals surface area (Å²) in [5.74, 6) is 3.10. The van der Waals surface area contributed by atoms with E-state index in [4.69, 9.17) is 18.9 Å². The molecule has 5 rings (SSSR count). The summed E-state index contributed by atoms with van der Waals surface area (Å²) in [6, 6.07) is 8.53. The first-order chi connectivity index (χ1) is 13.2. The fraction of sp³-hybridized carbons (Fsp3) is 0.429. The molecule has 27 heavy (non-hydrogen) atoms. The molecule has 0 radical (unpaired) electrons. The molecule has 3 aliphatic heterocycles. The molecule has 6 heteroatoms. The zero-order valence-electron chi connectivity index (χ0n) is 15.6. The highest BCUT2D eigenvalue weighted by molar-refractivity contribution is 5.53. The SMILES string of the molecule is COc1cc2c(cc1OC)[C@@H](CO)[C@@H]1c3cc4c(cc3CC[NH+]1C2)OCO4. The van der Waals surface area contributed by atoms with Crippen molar-refractivity contribution in [1.82, 2.24) is 0 Å². The van der Waals surface area contributed by atoms with Gasteiger partial charge in [0.1, 0.15) is 12.6 Å². The van der Waals surface area contributed by atoms with Crippen molar-refractivity contribution in [2.75, 3.05) is 34.2 Å². The number of aliphatic hydroxyl groups is 1.